The van der Waals surface area contributed by atoms with Crippen molar-refractivity contribution in [1.29, 1.82) is 0 Å². The summed E-state index contributed by atoms with van der Waals surface area (Å²) in [6.45, 7) is 4.16. The monoisotopic (exact) mass is 298 g/mol. The van der Waals surface area contributed by atoms with Gasteiger partial charge in [-0.2, -0.15) is 0 Å². The van der Waals surface area contributed by atoms with Crippen molar-refractivity contribution in [2.45, 2.75) is 19.2 Å². The summed E-state index contributed by atoms with van der Waals surface area (Å²) in [4.78, 5) is 0. The van der Waals surface area contributed by atoms with Gasteiger partial charge in [-0.1, -0.05) is 47.5 Å². The Morgan fingerprint density at radius 3 is 2.33 bits per heavy atom. The average Bonchev–Trinajstić information content (AvgIpc) is 2.35. The predicted octanol–water partition coefficient (Wildman–Crippen LogP) is 5.94. The molecule has 94 valence electrons. The zero-order valence-corrected chi connectivity index (χ0v) is 12.4. The van der Waals surface area contributed by atoms with Crippen molar-refractivity contribution in [2.75, 3.05) is 0 Å². The topological polar surface area (TPSA) is 0 Å². The van der Waals surface area contributed by atoms with E-state index < -0.39 is 0 Å². The predicted molar refractivity (Wildman–Crippen MR) is 80.1 cm³/mol. The number of halogens is 3. The number of hydrogen-bond donors (Lipinski definition) is 0. The van der Waals surface area contributed by atoms with Crippen LogP contribution >= 0.6 is 34.8 Å². The molecule has 2 rings (SSSR count). The molecule has 0 radical (unpaired) electrons. The van der Waals surface area contributed by atoms with Crippen LogP contribution in [0.5, 0.6) is 0 Å². The Labute approximate surface area is 122 Å². The lowest BCUT2D eigenvalue weighted by molar-refractivity contribution is 1.10. The first-order valence-electron chi connectivity index (χ1n) is 5.66. The number of hydrogen-bond acceptors (Lipinski definition) is 0. The van der Waals surface area contributed by atoms with Gasteiger partial charge in [0.15, 0.2) is 0 Å². The van der Waals surface area contributed by atoms with Crippen LogP contribution < -0.4 is 0 Å². The highest BCUT2D eigenvalue weighted by Crippen LogP contribution is 2.34. The molecule has 0 saturated carbocycles. The molecule has 0 saturated heterocycles. The van der Waals surface area contributed by atoms with E-state index in [0.29, 0.717) is 10.0 Å². The molecule has 1 atom stereocenters. The standard InChI is InChI=1S/C15H13Cl3/c1-9-4-3-5-12(10(9)2)15(18)11-6-7-13(16)14(17)8-11/h3-8,15H,1-2H3. The van der Waals surface area contributed by atoms with Gasteiger partial charge in [0.2, 0.25) is 0 Å². The number of alkyl halides is 1. The molecule has 0 N–H and O–H groups in total. The molecule has 0 aliphatic heterocycles. The zero-order valence-electron chi connectivity index (χ0n) is 10.2. The number of aryl methyl sites for hydroxylation is 1. The van der Waals surface area contributed by atoms with E-state index in [1.165, 1.54) is 11.1 Å². The van der Waals surface area contributed by atoms with E-state index >= 15 is 0 Å². The van der Waals surface area contributed by atoms with Crippen molar-refractivity contribution in [3.8, 4) is 0 Å². The van der Waals surface area contributed by atoms with E-state index in [0.717, 1.165) is 11.1 Å². The van der Waals surface area contributed by atoms with Crippen molar-refractivity contribution in [3.05, 3.63) is 68.7 Å². The maximum atomic E-state index is 6.53. The first-order chi connectivity index (χ1) is 8.50. The molecule has 0 aliphatic rings. The van der Waals surface area contributed by atoms with Crippen LogP contribution in [0.4, 0.5) is 0 Å². The Morgan fingerprint density at radius 2 is 1.67 bits per heavy atom. The van der Waals surface area contributed by atoms with Gasteiger partial charge in [-0.15, -0.1) is 11.6 Å². The molecule has 0 bridgehead atoms. The van der Waals surface area contributed by atoms with Gasteiger partial charge in [0.25, 0.3) is 0 Å². The van der Waals surface area contributed by atoms with Crippen LogP contribution in [0.3, 0.4) is 0 Å². The molecule has 1 unspecified atom stereocenters. The molecule has 2 aromatic carbocycles. The minimum absolute atomic E-state index is 0.209. The number of rotatable bonds is 2. The third-order valence-electron chi connectivity index (χ3n) is 3.16. The zero-order chi connectivity index (χ0) is 13.3. The Bertz CT molecular complexity index is 576. The van der Waals surface area contributed by atoms with E-state index in [1.54, 1.807) is 6.07 Å². The van der Waals surface area contributed by atoms with Crippen molar-refractivity contribution < 1.29 is 0 Å². The fourth-order valence-corrected chi connectivity index (χ4v) is 2.58. The molecule has 3 heteroatoms. The van der Waals surface area contributed by atoms with Gasteiger partial charge in [0, 0.05) is 0 Å². The van der Waals surface area contributed by atoms with Crippen molar-refractivity contribution in [2.24, 2.45) is 0 Å². The van der Waals surface area contributed by atoms with Gasteiger partial charge in [-0.05, 0) is 48.2 Å². The van der Waals surface area contributed by atoms with Crippen molar-refractivity contribution >= 4 is 34.8 Å². The Balaban J connectivity index is 2.44. The maximum absolute atomic E-state index is 6.53. The molecule has 2 aromatic rings. The van der Waals surface area contributed by atoms with Crippen molar-refractivity contribution in [3.63, 3.8) is 0 Å². The van der Waals surface area contributed by atoms with E-state index in [-0.39, 0.29) is 5.38 Å². The Kier molecular flexibility index (Phi) is 4.21. The lowest BCUT2D eigenvalue weighted by atomic mass is 9.97. The van der Waals surface area contributed by atoms with Crippen LogP contribution in [0.15, 0.2) is 36.4 Å². The van der Waals surface area contributed by atoms with Crippen LogP contribution in [0.25, 0.3) is 0 Å². The molecule has 0 spiro atoms. The molecule has 0 heterocycles. The fourth-order valence-electron chi connectivity index (χ4n) is 1.90. The molecule has 0 amide bonds. The van der Waals surface area contributed by atoms with Crippen molar-refractivity contribution in [1.82, 2.24) is 0 Å². The maximum Gasteiger partial charge on any atom is 0.0838 e. The fraction of sp³-hybridized carbons (Fsp3) is 0.200. The van der Waals surface area contributed by atoms with Crippen LogP contribution in [-0.4, -0.2) is 0 Å². The minimum Gasteiger partial charge on any atom is -0.113 e. The van der Waals surface area contributed by atoms with Gasteiger partial charge in [-0.25, -0.2) is 0 Å². The second-order valence-electron chi connectivity index (χ2n) is 4.33. The summed E-state index contributed by atoms with van der Waals surface area (Å²) in [7, 11) is 0. The molecule has 0 nitrogen and oxygen atoms in total. The quantitative estimate of drug-likeness (QED) is 0.602. The molecule has 0 aromatic heterocycles. The third kappa shape index (κ3) is 2.66. The largest absolute Gasteiger partial charge is 0.113 e. The molecule has 18 heavy (non-hydrogen) atoms. The van der Waals surface area contributed by atoms with Crippen LogP contribution in [0, 0.1) is 13.8 Å². The van der Waals surface area contributed by atoms with Gasteiger partial charge < -0.3 is 0 Å². The van der Waals surface area contributed by atoms with Crippen LogP contribution in [0.1, 0.15) is 27.6 Å². The SMILES string of the molecule is Cc1cccc(C(Cl)c2ccc(Cl)c(Cl)c2)c1C. The summed E-state index contributed by atoms with van der Waals surface area (Å²) in [6, 6.07) is 11.7. The number of benzene rings is 2. The summed E-state index contributed by atoms with van der Waals surface area (Å²) in [5.74, 6) is 0. The van der Waals surface area contributed by atoms with Gasteiger partial charge in [-0.3, -0.25) is 0 Å². The lowest BCUT2D eigenvalue weighted by Gasteiger charge is -2.15. The first kappa shape index (κ1) is 13.7. The molecule has 0 aliphatic carbocycles. The van der Waals surface area contributed by atoms with Gasteiger partial charge >= 0.3 is 0 Å². The summed E-state index contributed by atoms with van der Waals surface area (Å²) in [6.07, 6.45) is 0. The van der Waals surface area contributed by atoms with E-state index in [4.69, 9.17) is 34.8 Å². The summed E-state index contributed by atoms with van der Waals surface area (Å²) in [5, 5.41) is 0.870. The molecular weight excluding hydrogens is 287 g/mol. The van der Waals surface area contributed by atoms with Crippen LogP contribution in [0.2, 0.25) is 10.0 Å². The Morgan fingerprint density at radius 1 is 0.944 bits per heavy atom. The van der Waals surface area contributed by atoms with Crippen LogP contribution in [-0.2, 0) is 0 Å². The van der Waals surface area contributed by atoms with E-state index in [9.17, 15) is 0 Å². The third-order valence-corrected chi connectivity index (χ3v) is 4.38. The van der Waals surface area contributed by atoms with Gasteiger partial charge in [0.05, 0.1) is 15.4 Å². The summed E-state index contributed by atoms with van der Waals surface area (Å²) >= 11 is 18.5. The summed E-state index contributed by atoms with van der Waals surface area (Å²) < 4.78 is 0. The normalized spacial score (nSPS) is 12.5. The smallest absolute Gasteiger partial charge is 0.0838 e. The Hall–Kier alpha value is -0.690. The van der Waals surface area contributed by atoms with Gasteiger partial charge in [0.1, 0.15) is 0 Å². The highest BCUT2D eigenvalue weighted by atomic mass is 35.5. The second-order valence-corrected chi connectivity index (χ2v) is 5.58. The van der Waals surface area contributed by atoms with E-state index in [2.05, 4.69) is 19.9 Å². The first-order valence-corrected chi connectivity index (χ1v) is 6.85. The second kappa shape index (κ2) is 5.52. The van der Waals surface area contributed by atoms with E-state index in [1.807, 2.05) is 24.3 Å². The summed E-state index contributed by atoms with van der Waals surface area (Å²) in [5.41, 5.74) is 4.51. The highest BCUT2D eigenvalue weighted by molar-refractivity contribution is 6.42. The lowest BCUT2D eigenvalue weighted by Crippen LogP contribution is -1.98. The molecule has 0 fully saturated rings. The minimum atomic E-state index is -0.209. The molecular formula is C15H13Cl3. The average molecular weight is 300 g/mol. The highest BCUT2D eigenvalue weighted by Gasteiger charge is 2.15.